The Bertz CT molecular complexity index is 1480. The number of esters is 1. The summed E-state index contributed by atoms with van der Waals surface area (Å²) in [5.74, 6) is 5.96. The Kier molecular flexibility index (Phi) is 8.56. The molecule has 0 unspecified atom stereocenters. The monoisotopic (exact) mass is 559 g/mol. The van der Waals surface area contributed by atoms with Gasteiger partial charge >= 0.3 is 12.1 Å². The average molecular weight is 560 g/mol. The van der Waals surface area contributed by atoms with Crippen molar-refractivity contribution in [3.8, 4) is 17.3 Å². The van der Waals surface area contributed by atoms with Crippen molar-refractivity contribution in [2.24, 2.45) is 0 Å². The normalized spacial score (nSPS) is 15.1. The minimum atomic E-state index is -0.679. The Morgan fingerprint density at radius 1 is 1.17 bits per heavy atom. The number of piperidine rings is 1. The third-order valence-corrected chi connectivity index (χ3v) is 6.39. The number of aromatic nitrogens is 3. The maximum absolute atomic E-state index is 13.1. The lowest BCUT2D eigenvalue weighted by Crippen LogP contribution is -2.43. The molecule has 1 aliphatic heterocycles. The van der Waals surface area contributed by atoms with Gasteiger partial charge in [0.2, 0.25) is 0 Å². The molecule has 41 heavy (non-hydrogen) atoms. The topological polar surface area (TPSA) is 165 Å². The standard InChI is InChI=1S/C29H33N7O5/c1-5-40-27(38)24-23(19-9-11-20(12-10-19)26(37)33-22-16-18(17-30)13-14-32-22)34-25(36(24)31)21-8-6-7-15-35(21)28(39)41-29(2,3)4/h9-14,16,21H,5-8,15,31H2,1-4H3,(H,32,33,37)/t21-/m0/s1. The van der Waals surface area contributed by atoms with Gasteiger partial charge in [0, 0.05) is 23.9 Å². The first kappa shape index (κ1) is 29.1. The summed E-state index contributed by atoms with van der Waals surface area (Å²) in [7, 11) is 0. The van der Waals surface area contributed by atoms with E-state index in [2.05, 4.69) is 10.3 Å². The summed E-state index contributed by atoms with van der Waals surface area (Å²) < 4.78 is 12.1. The van der Waals surface area contributed by atoms with Gasteiger partial charge in [-0.15, -0.1) is 0 Å². The first-order valence-electron chi connectivity index (χ1n) is 13.3. The lowest BCUT2D eigenvalue weighted by Gasteiger charge is -2.36. The number of nitrogens with one attached hydrogen (secondary N) is 1. The molecule has 0 spiro atoms. The zero-order valence-corrected chi connectivity index (χ0v) is 23.5. The molecule has 2 aromatic heterocycles. The van der Waals surface area contributed by atoms with Crippen molar-refractivity contribution >= 4 is 23.8 Å². The van der Waals surface area contributed by atoms with Gasteiger partial charge in [0.05, 0.1) is 24.3 Å². The van der Waals surface area contributed by atoms with Crippen LogP contribution in [0.4, 0.5) is 10.6 Å². The molecule has 3 heterocycles. The molecule has 4 rings (SSSR count). The largest absolute Gasteiger partial charge is 0.461 e. The van der Waals surface area contributed by atoms with Crippen LogP contribution in [0.15, 0.2) is 42.6 Å². The SMILES string of the molecule is CCOC(=O)c1c(-c2ccc(C(=O)Nc3cc(C#N)ccn3)cc2)nc([C@@H]2CCCCN2C(=O)OC(C)(C)C)n1N. The maximum atomic E-state index is 13.1. The zero-order valence-electron chi connectivity index (χ0n) is 23.5. The summed E-state index contributed by atoms with van der Waals surface area (Å²) in [4.78, 5) is 49.3. The van der Waals surface area contributed by atoms with Gasteiger partial charge in [-0.1, -0.05) is 12.1 Å². The third-order valence-electron chi connectivity index (χ3n) is 6.39. The Labute approximate surface area is 238 Å². The lowest BCUT2D eigenvalue weighted by atomic mass is 10.0. The summed E-state index contributed by atoms with van der Waals surface area (Å²) in [5.41, 5.74) is 0.845. The van der Waals surface area contributed by atoms with Crippen molar-refractivity contribution in [3.05, 3.63) is 65.2 Å². The highest BCUT2D eigenvalue weighted by Gasteiger charge is 2.36. The first-order chi connectivity index (χ1) is 19.5. The molecule has 3 aromatic rings. The van der Waals surface area contributed by atoms with Gasteiger partial charge in [0.1, 0.15) is 17.1 Å². The number of benzene rings is 1. The number of hydrogen-bond donors (Lipinski definition) is 2. The predicted octanol–water partition coefficient (Wildman–Crippen LogP) is 4.42. The van der Waals surface area contributed by atoms with Crippen molar-refractivity contribution in [3.63, 3.8) is 0 Å². The number of ether oxygens (including phenoxy) is 2. The molecule has 0 saturated carbocycles. The van der Waals surface area contributed by atoms with E-state index in [1.165, 1.54) is 23.0 Å². The van der Waals surface area contributed by atoms with Gasteiger partial charge in [-0.25, -0.2) is 24.2 Å². The van der Waals surface area contributed by atoms with Crippen LogP contribution in [0.25, 0.3) is 11.3 Å². The molecule has 1 fully saturated rings. The molecule has 1 saturated heterocycles. The lowest BCUT2D eigenvalue weighted by molar-refractivity contribution is 0.00820. The number of rotatable bonds is 6. The van der Waals surface area contributed by atoms with Gasteiger partial charge < -0.3 is 20.6 Å². The maximum Gasteiger partial charge on any atom is 0.410 e. The first-order valence-corrected chi connectivity index (χ1v) is 13.3. The van der Waals surface area contributed by atoms with Crippen LogP contribution in [0.1, 0.15) is 85.2 Å². The molecule has 12 nitrogen and oxygen atoms in total. The molecule has 0 radical (unpaired) electrons. The van der Waals surface area contributed by atoms with Gasteiger partial charge in [0.15, 0.2) is 11.5 Å². The molecule has 1 aliphatic rings. The highest BCUT2D eigenvalue weighted by Crippen LogP contribution is 2.35. The number of carbonyl (C=O) groups is 3. The minimum Gasteiger partial charge on any atom is -0.461 e. The molecule has 0 aliphatic carbocycles. The van der Waals surface area contributed by atoms with Crippen LogP contribution in [0.5, 0.6) is 0 Å². The molecule has 1 aromatic carbocycles. The number of nitrogen functional groups attached to an aromatic ring is 1. The second-order valence-electron chi connectivity index (χ2n) is 10.5. The highest BCUT2D eigenvalue weighted by atomic mass is 16.6. The van der Waals surface area contributed by atoms with Gasteiger partial charge in [-0.05, 0) is 71.2 Å². The highest BCUT2D eigenvalue weighted by molar-refractivity contribution is 6.04. The Balaban J connectivity index is 1.67. The van der Waals surface area contributed by atoms with E-state index in [4.69, 9.17) is 25.6 Å². The number of hydrogen-bond acceptors (Lipinski definition) is 9. The summed E-state index contributed by atoms with van der Waals surface area (Å²) in [6, 6.07) is 11.0. The fraction of sp³-hybridized carbons (Fsp3) is 0.379. The van der Waals surface area contributed by atoms with E-state index in [1.54, 1.807) is 56.9 Å². The van der Waals surface area contributed by atoms with E-state index < -0.39 is 29.6 Å². The van der Waals surface area contributed by atoms with Gasteiger partial charge in [0.25, 0.3) is 5.91 Å². The third kappa shape index (κ3) is 6.63. The Hall–Kier alpha value is -4.92. The van der Waals surface area contributed by atoms with Crippen molar-refractivity contribution in [1.29, 1.82) is 5.26 Å². The number of nitriles is 1. The van der Waals surface area contributed by atoms with E-state index in [-0.39, 0.29) is 23.8 Å². The van der Waals surface area contributed by atoms with E-state index >= 15 is 0 Å². The van der Waals surface area contributed by atoms with Crippen LogP contribution in [-0.4, -0.2) is 56.3 Å². The second-order valence-corrected chi connectivity index (χ2v) is 10.5. The van der Waals surface area contributed by atoms with E-state index in [9.17, 15) is 14.4 Å². The minimum absolute atomic E-state index is 0.0336. The van der Waals surface area contributed by atoms with Crippen LogP contribution >= 0.6 is 0 Å². The summed E-state index contributed by atoms with van der Waals surface area (Å²) in [6.45, 7) is 7.69. The van der Waals surface area contributed by atoms with Crippen LogP contribution in [0, 0.1) is 11.3 Å². The number of imidazole rings is 1. The molecular formula is C29H33N7O5. The number of amides is 2. The van der Waals surface area contributed by atoms with Crippen LogP contribution in [0.3, 0.4) is 0 Å². The van der Waals surface area contributed by atoms with E-state index in [0.29, 0.717) is 35.5 Å². The Morgan fingerprint density at radius 2 is 1.90 bits per heavy atom. The Morgan fingerprint density at radius 3 is 2.56 bits per heavy atom. The summed E-state index contributed by atoms with van der Waals surface area (Å²) in [5, 5.41) is 11.7. The molecule has 0 bridgehead atoms. The van der Waals surface area contributed by atoms with Crippen molar-refractivity contribution in [2.75, 3.05) is 24.3 Å². The quantitative estimate of drug-likeness (QED) is 0.328. The summed E-state index contributed by atoms with van der Waals surface area (Å²) >= 11 is 0. The van der Waals surface area contributed by atoms with Crippen LogP contribution < -0.4 is 11.2 Å². The molecule has 1 atom stereocenters. The smallest absolute Gasteiger partial charge is 0.410 e. The van der Waals surface area contributed by atoms with Gasteiger partial charge in [-0.3, -0.25) is 9.69 Å². The van der Waals surface area contributed by atoms with Crippen molar-refractivity contribution < 1.29 is 23.9 Å². The number of carbonyl (C=O) groups excluding carboxylic acids is 3. The molecule has 214 valence electrons. The molecule has 3 N–H and O–H groups in total. The van der Waals surface area contributed by atoms with Crippen LogP contribution in [-0.2, 0) is 9.47 Å². The molecular weight excluding hydrogens is 526 g/mol. The predicted molar refractivity (Wildman–Crippen MR) is 150 cm³/mol. The summed E-state index contributed by atoms with van der Waals surface area (Å²) in [6.07, 6.45) is 3.20. The zero-order chi connectivity index (χ0) is 29.7. The second kappa shape index (κ2) is 12.1. The van der Waals surface area contributed by atoms with Crippen LogP contribution in [0.2, 0.25) is 0 Å². The van der Waals surface area contributed by atoms with Crippen molar-refractivity contribution in [1.82, 2.24) is 19.5 Å². The van der Waals surface area contributed by atoms with E-state index in [0.717, 1.165) is 12.8 Å². The molecule has 12 heteroatoms. The number of pyridine rings is 1. The van der Waals surface area contributed by atoms with Gasteiger partial charge in [-0.2, -0.15) is 5.26 Å². The number of nitrogens with two attached hydrogens (primary N) is 1. The molecule has 2 amide bonds. The fourth-order valence-corrected chi connectivity index (χ4v) is 4.56. The average Bonchev–Trinajstić information content (AvgIpc) is 3.29. The fourth-order valence-electron chi connectivity index (χ4n) is 4.56. The number of likely N-dealkylation sites (tertiary alicyclic amines) is 1. The van der Waals surface area contributed by atoms with Crippen molar-refractivity contribution in [2.45, 2.75) is 58.6 Å². The number of nitrogens with zero attached hydrogens (tertiary/aromatic N) is 5. The number of anilines is 1. The van der Waals surface area contributed by atoms with E-state index in [1.807, 2.05) is 6.07 Å².